The molecule has 148 valence electrons. The minimum Gasteiger partial charge on any atom is -0.494 e. The van der Waals surface area contributed by atoms with Crippen LogP contribution in [0.1, 0.15) is 41.7 Å². The number of rotatable bonds is 5. The number of morpholine rings is 1. The SMILES string of the molecule is CCOc1ccc([C@H]2CCCN2C(=O)c2ccc(N3CCOCC3)cc2)cc1. The molecule has 2 aromatic rings. The molecule has 0 N–H and O–H groups in total. The molecule has 0 aliphatic carbocycles. The molecule has 2 heterocycles. The van der Waals surface area contributed by atoms with Gasteiger partial charge in [-0.15, -0.1) is 0 Å². The fourth-order valence-electron chi connectivity index (χ4n) is 4.11. The van der Waals surface area contributed by atoms with Crippen molar-refractivity contribution in [1.29, 1.82) is 0 Å². The molecule has 2 aromatic carbocycles. The third-order valence-corrected chi connectivity index (χ3v) is 5.58. The van der Waals surface area contributed by atoms with Gasteiger partial charge in [-0.25, -0.2) is 0 Å². The van der Waals surface area contributed by atoms with Crippen molar-refractivity contribution >= 4 is 11.6 Å². The number of benzene rings is 2. The molecule has 0 bridgehead atoms. The molecule has 0 saturated carbocycles. The Labute approximate surface area is 166 Å². The van der Waals surface area contributed by atoms with Gasteiger partial charge in [0.2, 0.25) is 0 Å². The van der Waals surface area contributed by atoms with Gasteiger partial charge in [0.1, 0.15) is 5.75 Å². The van der Waals surface area contributed by atoms with E-state index < -0.39 is 0 Å². The first-order valence-corrected chi connectivity index (χ1v) is 10.2. The van der Waals surface area contributed by atoms with Gasteiger partial charge < -0.3 is 19.3 Å². The van der Waals surface area contributed by atoms with E-state index in [0.717, 1.165) is 62.7 Å². The lowest BCUT2D eigenvalue weighted by Gasteiger charge is -2.29. The molecule has 0 unspecified atom stereocenters. The molecule has 5 nitrogen and oxygen atoms in total. The molecule has 28 heavy (non-hydrogen) atoms. The number of carbonyl (C=O) groups is 1. The first kappa shape index (κ1) is 18.8. The Bertz CT molecular complexity index is 782. The number of nitrogens with zero attached hydrogens (tertiary/aromatic N) is 2. The zero-order chi connectivity index (χ0) is 19.3. The van der Waals surface area contributed by atoms with Gasteiger partial charge in [-0.3, -0.25) is 4.79 Å². The second-order valence-corrected chi connectivity index (χ2v) is 7.30. The molecular formula is C23H28N2O3. The second-order valence-electron chi connectivity index (χ2n) is 7.30. The Morgan fingerprint density at radius 1 is 1.04 bits per heavy atom. The van der Waals surface area contributed by atoms with Gasteiger partial charge in [-0.05, 0) is 61.7 Å². The highest BCUT2D eigenvalue weighted by molar-refractivity contribution is 5.95. The minimum absolute atomic E-state index is 0.116. The van der Waals surface area contributed by atoms with Crippen molar-refractivity contribution in [2.24, 2.45) is 0 Å². The summed E-state index contributed by atoms with van der Waals surface area (Å²) in [6.07, 6.45) is 2.04. The van der Waals surface area contributed by atoms with Crippen molar-refractivity contribution in [3.05, 3.63) is 59.7 Å². The summed E-state index contributed by atoms with van der Waals surface area (Å²) in [6.45, 7) is 6.78. The Balaban J connectivity index is 1.47. The van der Waals surface area contributed by atoms with Gasteiger partial charge in [0.25, 0.3) is 5.91 Å². The predicted octanol–water partition coefficient (Wildman–Crippen LogP) is 3.90. The van der Waals surface area contributed by atoms with Crippen molar-refractivity contribution in [3.63, 3.8) is 0 Å². The molecule has 1 atom stereocenters. The molecule has 2 fully saturated rings. The molecule has 4 rings (SSSR count). The van der Waals surface area contributed by atoms with E-state index in [1.165, 1.54) is 5.56 Å². The van der Waals surface area contributed by atoms with Crippen LogP contribution in [0.15, 0.2) is 48.5 Å². The van der Waals surface area contributed by atoms with E-state index >= 15 is 0 Å². The minimum atomic E-state index is 0.116. The van der Waals surface area contributed by atoms with Crippen LogP contribution in [-0.4, -0.2) is 50.3 Å². The Morgan fingerprint density at radius 3 is 2.43 bits per heavy atom. The van der Waals surface area contributed by atoms with Crippen LogP contribution in [0.2, 0.25) is 0 Å². The maximum Gasteiger partial charge on any atom is 0.254 e. The van der Waals surface area contributed by atoms with Gasteiger partial charge in [-0.2, -0.15) is 0 Å². The van der Waals surface area contributed by atoms with Crippen molar-refractivity contribution in [2.75, 3.05) is 44.4 Å². The third kappa shape index (κ3) is 3.99. The summed E-state index contributed by atoms with van der Waals surface area (Å²) in [6, 6.07) is 16.3. The molecular weight excluding hydrogens is 352 g/mol. The van der Waals surface area contributed by atoms with Gasteiger partial charge in [0.05, 0.1) is 25.9 Å². The first-order chi connectivity index (χ1) is 13.8. The fourth-order valence-corrected chi connectivity index (χ4v) is 4.11. The highest BCUT2D eigenvalue weighted by Crippen LogP contribution is 2.34. The van der Waals surface area contributed by atoms with Crippen LogP contribution >= 0.6 is 0 Å². The van der Waals surface area contributed by atoms with Crippen LogP contribution in [-0.2, 0) is 4.74 Å². The van der Waals surface area contributed by atoms with Crippen LogP contribution in [0, 0.1) is 0 Å². The summed E-state index contributed by atoms with van der Waals surface area (Å²) in [5.74, 6) is 0.991. The van der Waals surface area contributed by atoms with E-state index in [2.05, 4.69) is 29.2 Å². The van der Waals surface area contributed by atoms with Crippen molar-refractivity contribution < 1.29 is 14.3 Å². The molecule has 2 aliphatic rings. The quantitative estimate of drug-likeness (QED) is 0.789. The lowest BCUT2D eigenvalue weighted by atomic mass is 10.0. The number of hydrogen-bond acceptors (Lipinski definition) is 4. The average Bonchev–Trinajstić information content (AvgIpc) is 3.25. The third-order valence-electron chi connectivity index (χ3n) is 5.58. The zero-order valence-corrected chi connectivity index (χ0v) is 16.5. The van der Waals surface area contributed by atoms with Crippen LogP contribution in [0.3, 0.4) is 0 Å². The predicted molar refractivity (Wildman–Crippen MR) is 110 cm³/mol. The number of likely N-dealkylation sites (tertiary alicyclic amines) is 1. The normalized spacial score (nSPS) is 19.7. The topological polar surface area (TPSA) is 42.0 Å². The van der Waals surface area contributed by atoms with E-state index in [1.807, 2.05) is 36.1 Å². The largest absolute Gasteiger partial charge is 0.494 e. The monoisotopic (exact) mass is 380 g/mol. The summed E-state index contributed by atoms with van der Waals surface area (Å²) in [4.78, 5) is 17.5. The summed E-state index contributed by atoms with van der Waals surface area (Å²) < 4.78 is 11.0. The van der Waals surface area contributed by atoms with Crippen LogP contribution in [0.5, 0.6) is 5.75 Å². The van der Waals surface area contributed by atoms with Crippen molar-refractivity contribution in [2.45, 2.75) is 25.8 Å². The average molecular weight is 380 g/mol. The maximum absolute atomic E-state index is 13.2. The fraction of sp³-hybridized carbons (Fsp3) is 0.435. The first-order valence-electron chi connectivity index (χ1n) is 10.2. The van der Waals surface area contributed by atoms with Crippen molar-refractivity contribution in [1.82, 2.24) is 4.90 Å². The summed E-state index contributed by atoms with van der Waals surface area (Å²) in [5.41, 5.74) is 3.10. The van der Waals surface area contributed by atoms with E-state index in [9.17, 15) is 4.79 Å². The van der Waals surface area contributed by atoms with Crippen molar-refractivity contribution in [3.8, 4) is 5.75 Å². The maximum atomic E-state index is 13.2. The van der Waals surface area contributed by atoms with Gasteiger partial charge in [0, 0.05) is 30.9 Å². The number of hydrogen-bond donors (Lipinski definition) is 0. The van der Waals surface area contributed by atoms with Crippen LogP contribution in [0.4, 0.5) is 5.69 Å². The number of amides is 1. The Hall–Kier alpha value is -2.53. The Kier molecular flexibility index (Phi) is 5.81. The van der Waals surface area contributed by atoms with E-state index in [1.54, 1.807) is 0 Å². The van der Waals surface area contributed by atoms with E-state index in [0.29, 0.717) is 6.61 Å². The lowest BCUT2D eigenvalue weighted by Crippen LogP contribution is -2.36. The van der Waals surface area contributed by atoms with Gasteiger partial charge in [-0.1, -0.05) is 12.1 Å². The van der Waals surface area contributed by atoms with E-state index in [4.69, 9.17) is 9.47 Å². The highest BCUT2D eigenvalue weighted by Gasteiger charge is 2.30. The molecule has 0 aromatic heterocycles. The molecule has 0 radical (unpaired) electrons. The van der Waals surface area contributed by atoms with E-state index in [-0.39, 0.29) is 11.9 Å². The number of carbonyl (C=O) groups excluding carboxylic acids is 1. The lowest BCUT2D eigenvalue weighted by molar-refractivity contribution is 0.0735. The Morgan fingerprint density at radius 2 is 1.75 bits per heavy atom. The zero-order valence-electron chi connectivity index (χ0n) is 16.5. The summed E-state index contributed by atoms with van der Waals surface area (Å²) in [5, 5.41) is 0. The van der Waals surface area contributed by atoms with Crippen LogP contribution < -0.4 is 9.64 Å². The smallest absolute Gasteiger partial charge is 0.254 e. The summed E-state index contributed by atoms with van der Waals surface area (Å²) in [7, 11) is 0. The molecule has 2 saturated heterocycles. The molecule has 1 amide bonds. The number of anilines is 1. The highest BCUT2D eigenvalue weighted by atomic mass is 16.5. The second kappa shape index (κ2) is 8.65. The van der Waals surface area contributed by atoms with Gasteiger partial charge in [0.15, 0.2) is 0 Å². The standard InChI is InChI=1S/C23H28N2O3/c1-2-28-21-11-7-18(8-12-21)22-4-3-13-25(22)23(26)19-5-9-20(10-6-19)24-14-16-27-17-15-24/h5-12,22H,2-4,13-17H2,1H3/t22-/m1/s1. The number of ether oxygens (including phenoxy) is 2. The van der Waals surface area contributed by atoms with Crippen LogP contribution in [0.25, 0.3) is 0 Å². The molecule has 5 heteroatoms. The van der Waals surface area contributed by atoms with Gasteiger partial charge >= 0.3 is 0 Å². The molecule has 2 aliphatic heterocycles. The summed E-state index contributed by atoms with van der Waals surface area (Å²) >= 11 is 0. The molecule has 0 spiro atoms.